The zero-order valence-electron chi connectivity index (χ0n) is 21.5. The highest BCUT2D eigenvalue weighted by Crippen LogP contribution is 2.22. The Bertz CT molecular complexity index is 1350. The van der Waals surface area contributed by atoms with Crippen LogP contribution in [0, 0.1) is 0 Å². The van der Waals surface area contributed by atoms with Gasteiger partial charge in [-0.15, -0.1) is 0 Å². The van der Waals surface area contributed by atoms with Crippen molar-refractivity contribution >= 4 is 17.7 Å². The molecule has 0 aliphatic heterocycles. The van der Waals surface area contributed by atoms with Crippen molar-refractivity contribution in [2.45, 2.75) is 32.9 Å². The second kappa shape index (κ2) is 12.0. The molecule has 1 heterocycles. The summed E-state index contributed by atoms with van der Waals surface area (Å²) in [6.45, 7) is 5.82. The van der Waals surface area contributed by atoms with E-state index in [2.05, 4.69) is 21.2 Å². The second-order valence-electron chi connectivity index (χ2n) is 9.51. The Morgan fingerprint density at radius 1 is 0.816 bits per heavy atom. The molecule has 194 valence electrons. The third kappa shape index (κ3) is 7.91. The lowest BCUT2D eigenvalue weighted by atomic mass is 10.0. The number of carbonyl (C=O) groups excluding carboxylic acids is 2. The minimum absolute atomic E-state index is 0.217. The number of anilines is 1. The molecule has 4 aromatic rings. The zero-order chi connectivity index (χ0) is 27.0. The monoisotopic (exact) mass is 510 g/mol. The van der Waals surface area contributed by atoms with Crippen LogP contribution >= 0.6 is 0 Å². The van der Waals surface area contributed by atoms with E-state index in [1.807, 2.05) is 54.6 Å². The summed E-state index contributed by atoms with van der Waals surface area (Å²) in [5.74, 6) is 0.787. The molecule has 0 unspecified atom stereocenters. The molecule has 0 spiro atoms. The topological polar surface area (TPSA) is 102 Å². The van der Waals surface area contributed by atoms with Crippen LogP contribution in [0.1, 0.15) is 36.7 Å². The number of benzene rings is 3. The second-order valence-corrected chi connectivity index (χ2v) is 9.51. The molecule has 0 fully saturated rings. The summed E-state index contributed by atoms with van der Waals surface area (Å²) in [7, 11) is 0. The lowest BCUT2D eigenvalue weighted by molar-refractivity contribution is 0.0497. The first kappa shape index (κ1) is 26.4. The van der Waals surface area contributed by atoms with Crippen molar-refractivity contribution in [3.05, 3.63) is 108 Å². The summed E-state index contributed by atoms with van der Waals surface area (Å²) in [6.07, 6.45) is 1.01. The van der Waals surface area contributed by atoms with Crippen LogP contribution in [-0.2, 0) is 11.3 Å². The summed E-state index contributed by atoms with van der Waals surface area (Å²) >= 11 is 0. The Morgan fingerprint density at radius 2 is 1.50 bits per heavy atom. The van der Waals surface area contributed by atoms with Crippen LogP contribution < -0.4 is 20.9 Å². The van der Waals surface area contributed by atoms with Gasteiger partial charge in [0.1, 0.15) is 11.4 Å². The summed E-state index contributed by atoms with van der Waals surface area (Å²) in [4.78, 5) is 28.6. The standard InChI is InChI=1S/C30H30N4O4/c1-30(2,3)38-29(36)34-32-19-21-9-16-26(17-10-21)37-27-18-15-25(20-31-27)33-28(35)24-13-11-23(12-14-24)22-7-5-4-6-8-22/h4-18,20,32H,19H2,1-3H3,(H,33,35)(H,34,36). The van der Waals surface area contributed by atoms with Crippen molar-refractivity contribution in [2.75, 3.05) is 5.32 Å². The maximum absolute atomic E-state index is 12.6. The fraction of sp³-hybridized carbons (Fsp3) is 0.167. The number of hydrogen-bond acceptors (Lipinski definition) is 6. The van der Waals surface area contributed by atoms with E-state index in [1.54, 1.807) is 63.4 Å². The van der Waals surface area contributed by atoms with E-state index in [4.69, 9.17) is 9.47 Å². The predicted octanol–water partition coefficient (Wildman–Crippen LogP) is 6.32. The van der Waals surface area contributed by atoms with Gasteiger partial charge in [-0.3, -0.25) is 10.2 Å². The minimum Gasteiger partial charge on any atom is -0.443 e. The Kier molecular flexibility index (Phi) is 8.35. The number of nitrogens with one attached hydrogen (secondary N) is 3. The molecule has 2 amide bonds. The average molecular weight is 511 g/mol. The highest BCUT2D eigenvalue weighted by molar-refractivity contribution is 6.04. The van der Waals surface area contributed by atoms with Crippen LogP contribution in [0.15, 0.2) is 97.2 Å². The molecule has 38 heavy (non-hydrogen) atoms. The summed E-state index contributed by atoms with van der Waals surface area (Å²) in [6, 6.07) is 28.2. The van der Waals surface area contributed by atoms with Gasteiger partial charge in [-0.25, -0.2) is 15.2 Å². The highest BCUT2D eigenvalue weighted by Gasteiger charge is 2.15. The van der Waals surface area contributed by atoms with Gasteiger partial charge in [0.15, 0.2) is 0 Å². The quantitative estimate of drug-likeness (QED) is 0.240. The lowest BCUT2D eigenvalue weighted by Crippen LogP contribution is -2.40. The zero-order valence-corrected chi connectivity index (χ0v) is 21.5. The molecule has 4 rings (SSSR count). The third-order valence-electron chi connectivity index (χ3n) is 5.28. The molecule has 1 aromatic heterocycles. The van der Waals surface area contributed by atoms with Crippen molar-refractivity contribution < 1.29 is 19.1 Å². The number of rotatable bonds is 8. The van der Waals surface area contributed by atoms with Gasteiger partial charge >= 0.3 is 6.09 Å². The minimum atomic E-state index is -0.558. The summed E-state index contributed by atoms with van der Waals surface area (Å²) in [5.41, 5.74) is 8.97. The fourth-order valence-corrected chi connectivity index (χ4v) is 3.48. The maximum Gasteiger partial charge on any atom is 0.422 e. The number of ether oxygens (including phenoxy) is 2. The van der Waals surface area contributed by atoms with Crippen LogP contribution in [0.4, 0.5) is 10.5 Å². The predicted molar refractivity (Wildman–Crippen MR) is 147 cm³/mol. The Labute approximate surface area is 222 Å². The van der Waals surface area contributed by atoms with E-state index >= 15 is 0 Å². The van der Waals surface area contributed by atoms with E-state index in [1.165, 1.54) is 0 Å². The number of hydrogen-bond donors (Lipinski definition) is 3. The molecule has 0 radical (unpaired) electrons. The Hall–Kier alpha value is -4.69. The third-order valence-corrected chi connectivity index (χ3v) is 5.28. The highest BCUT2D eigenvalue weighted by atomic mass is 16.6. The molecule has 8 heteroatoms. The van der Waals surface area contributed by atoms with Gasteiger partial charge in [-0.1, -0.05) is 54.6 Å². The first-order chi connectivity index (χ1) is 18.2. The first-order valence-corrected chi connectivity index (χ1v) is 12.2. The van der Waals surface area contributed by atoms with Crippen LogP contribution in [0.2, 0.25) is 0 Å². The SMILES string of the molecule is CC(C)(C)OC(=O)NNCc1ccc(Oc2ccc(NC(=O)c3ccc(-c4ccccc4)cc3)cn2)cc1. The number of carbonyl (C=O) groups is 2. The molecule has 0 atom stereocenters. The number of hydrazine groups is 1. The summed E-state index contributed by atoms with van der Waals surface area (Å²) < 4.78 is 11.0. The van der Waals surface area contributed by atoms with Crippen molar-refractivity contribution in [1.29, 1.82) is 0 Å². The van der Waals surface area contributed by atoms with E-state index in [9.17, 15) is 9.59 Å². The van der Waals surface area contributed by atoms with E-state index in [-0.39, 0.29) is 5.91 Å². The van der Waals surface area contributed by atoms with Gasteiger partial charge in [-0.05, 0) is 67.8 Å². The van der Waals surface area contributed by atoms with Gasteiger partial charge in [0.05, 0.1) is 11.9 Å². The van der Waals surface area contributed by atoms with E-state index in [0.29, 0.717) is 29.4 Å². The van der Waals surface area contributed by atoms with Crippen LogP contribution in [-0.4, -0.2) is 22.6 Å². The smallest absolute Gasteiger partial charge is 0.422 e. The van der Waals surface area contributed by atoms with Crippen molar-refractivity contribution in [3.63, 3.8) is 0 Å². The normalized spacial score (nSPS) is 10.9. The molecule has 8 nitrogen and oxygen atoms in total. The molecular weight excluding hydrogens is 480 g/mol. The van der Waals surface area contributed by atoms with Gasteiger partial charge in [0.2, 0.25) is 5.88 Å². The van der Waals surface area contributed by atoms with Crippen molar-refractivity contribution in [1.82, 2.24) is 15.8 Å². The molecule has 0 aliphatic carbocycles. The number of nitrogens with zero attached hydrogens (tertiary/aromatic N) is 1. The Morgan fingerprint density at radius 3 is 2.13 bits per heavy atom. The number of amides is 2. The van der Waals surface area contributed by atoms with Gasteiger partial charge in [0.25, 0.3) is 5.91 Å². The molecule has 0 bridgehead atoms. The lowest BCUT2D eigenvalue weighted by Gasteiger charge is -2.19. The average Bonchev–Trinajstić information content (AvgIpc) is 2.90. The molecule has 3 aromatic carbocycles. The molecule has 0 aliphatic rings. The number of pyridine rings is 1. The molecule has 0 saturated heterocycles. The summed E-state index contributed by atoms with van der Waals surface area (Å²) in [5, 5.41) is 2.85. The van der Waals surface area contributed by atoms with Crippen molar-refractivity contribution in [3.8, 4) is 22.8 Å². The first-order valence-electron chi connectivity index (χ1n) is 12.2. The maximum atomic E-state index is 12.6. The largest absolute Gasteiger partial charge is 0.443 e. The van der Waals surface area contributed by atoms with Gasteiger partial charge in [-0.2, -0.15) is 0 Å². The van der Waals surface area contributed by atoms with Crippen LogP contribution in [0.25, 0.3) is 11.1 Å². The van der Waals surface area contributed by atoms with Gasteiger partial charge in [0, 0.05) is 18.2 Å². The van der Waals surface area contributed by atoms with Gasteiger partial charge < -0.3 is 14.8 Å². The van der Waals surface area contributed by atoms with E-state index < -0.39 is 11.7 Å². The number of aromatic nitrogens is 1. The van der Waals surface area contributed by atoms with Crippen molar-refractivity contribution in [2.24, 2.45) is 0 Å². The molecule has 3 N–H and O–H groups in total. The fourth-order valence-electron chi connectivity index (χ4n) is 3.48. The van der Waals surface area contributed by atoms with E-state index in [0.717, 1.165) is 16.7 Å². The Balaban J connectivity index is 1.25. The molecule has 0 saturated carbocycles. The van der Waals surface area contributed by atoms with Crippen LogP contribution in [0.3, 0.4) is 0 Å². The van der Waals surface area contributed by atoms with Crippen LogP contribution in [0.5, 0.6) is 11.6 Å². The molecular formula is C30H30N4O4.